The van der Waals surface area contributed by atoms with Crippen molar-refractivity contribution in [3.63, 3.8) is 0 Å². The lowest BCUT2D eigenvalue weighted by Gasteiger charge is -2.36. The Balaban J connectivity index is 1.30. The van der Waals surface area contributed by atoms with Gasteiger partial charge < -0.3 is 30.1 Å². The van der Waals surface area contributed by atoms with Gasteiger partial charge in [0.1, 0.15) is 5.82 Å². The molecule has 0 bridgehead atoms. The first kappa shape index (κ1) is 23.3. The molecular formula is C25H36N6O2. The summed E-state index contributed by atoms with van der Waals surface area (Å²) >= 11 is 0. The van der Waals surface area contributed by atoms with Crippen molar-refractivity contribution in [3.05, 3.63) is 48.2 Å². The minimum Gasteiger partial charge on any atom is -0.372 e. The summed E-state index contributed by atoms with van der Waals surface area (Å²) in [5.74, 6) is 0.947. The summed E-state index contributed by atoms with van der Waals surface area (Å²) in [7, 11) is 0. The van der Waals surface area contributed by atoms with E-state index in [1.807, 2.05) is 36.5 Å². The number of pyridine rings is 1. The first-order valence-corrected chi connectivity index (χ1v) is 12.0. The second-order valence-corrected chi connectivity index (χ2v) is 8.93. The fourth-order valence-corrected chi connectivity index (χ4v) is 4.58. The SMILES string of the molecule is CCN1CCN(c2ccccc2NC(=O)NCc2ccc(N3CC(C)OC(C)C3)nc2)CC1. The Kier molecular flexibility index (Phi) is 7.67. The van der Waals surface area contributed by atoms with Crippen molar-refractivity contribution >= 4 is 23.2 Å². The Labute approximate surface area is 196 Å². The lowest BCUT2D eigenvalue weighted by molar-refractivity contribution is -0.00546. The van der Waals surface area contributed by atoms with Crippen LogP contribution in [0.4, 0.5) is 22.0 Å². The summed E-state index contributed by atoms with van der Waals surface area (Å²) in [6, 6.07) is 11.8. The maximum atomic E-state index is 12.6. The highest BCUT2D eigenvalue weighted by molar-refractivity contribution is 5.93. The van der Waals surface area contributed by atoms with Gasteiger partial charge >= 0.3 is 6.03 Å². The number of likely N-dealkylation sites (N-methyl/N-ethyl adjacent to an activating group) is 1. The molecule has 2 amide bonds. The number of morpholine rings is 1. The number of nitrogens with one attached hydrogen (secondary N) is 2. The molecule has 0 radical (unpaired) electrons. The molecule has 3 heterocycles. The van der Waals surface area contributed by atoms with Crippen LogP contribution < -0.4 is 20.4 Å². The molecule has 0 saturated carbocycles. The van der Waals surface area contributed by atoms with Crippen molar-refractivity contribution in [3.8, 4) is 0 Å². The zero-order valence-corrected chi connectivity index (χ0v) is 20.0. The number of hydrogen-bond donors (Lipinski definition) is 2. The van der Waals surface area contributed by atoms with Crippen LogP contribution in [0.25, 0.3) is 0 Å². The summed E-state index contributed by atoms with van der Waals surface area (Å²) in [5, 5.41) is 5.98. The molecule has 2 saturated heterocycles. The van der Waals surface area contributed by atoms with Gasteiger partial charge in [-0.05, 0) is 44.2 Å². The monoisotopic (exact) mass is 452 g/mol. The molecule has 2 aliphatic heterocycles. The van der Waals surface area contributed by atoms with E-state index in [4.69, 9.17) is 4.74 Å². The Hall–Kier alpha value is -2.84. The number of anilines is 3. The fraction of sp³-hybridized carbons (Fsp3) is 0.520. The second kappa shape index (κ2) is 10.9. The average molecular weight is 453 g/mol. The molecule has 8 heteroatoms. The molecule has 2 aliphatic rings. The molecule has 33 heavy (non-hydrogen) atoms. The quantitative estimate of drug-likeness (QED) is 0.702. The normalized spacial score (nSPS) is 21.7. The summed E-state index contributed by atoms with van der Waals surface area (Å²) in [6.07, 6.45) is 2.22. The van der Waals surface area contributed by atoms with E-state index in [9.17, 15) is 4.79 Å². The molecule has 2 N–H and O–H groups in total. The molecule has 2 unspecified atom stereocenters. The number of hydrogen-bond acceptors (Lipinski definition) is 6. The van der Waals surface area contributed by atoms with E-state index >= 15 is 0 Å². The highest BCUT2D eigenvalue weighted by Gasteiger charge is 2.23. The van der Waals surface area contributed by atoms with Gasteiger partial charge in [0, 0.05) is 52.0 Å². The number of aromatic nitrogens is 1. The third kappa shape index (κ3) is 6.15. The number of nitrogens with zero attached hydrogens (tertiary/aromatic N) is 4. The Bertz CT molecular complexity index is 903. The number of piperazine rings is 1. The predicted molar refractivity (Wildman–Crippen MR) is 133 cm³/mol. The molecule has 0 aliphatic carbocycles. The molecule has 2 fully saturated rings. The van der Waals surface area contributed by atoms with Gasteiger partial charge in [0.05, 0.1) is 23.6 Å². The van der Waals surface area contributed by atoms with E-state index in [0.29, 0.717) is 6.54 Å². The number of ether oxygens (including phenoxy) is 1. The zero-order valence-electron chi connectivity index (χ0n) is 20.0. The fourth-order valence-electron chi connectivity index (χ4n) is 4.58. The predicted octanol–water partition coefficient (Wildman–Crippen LogP) is 3.16. The maximum Gasteiger partial charge on any atom is 0.319 e. The number of amides is 2. The van der Waals surface area contributed by atoms with Crippen molar-refractivity contribution in [2.75, 3.05) is 60.9 Å². The van der Waals surface area contributed by atoms with Gasteiger partial charge in [-0.1, -0.05) is 25.1 Å². The van der Waals surface area contributed by atoms with E-state index in [-0.39, 0.29) is 18.2 Å². The summed E-state index contributed by atoms with van der Waals surface area (Å²) < 4.78 is 5.80. The van der Waals surface area contributed by atoms with Crippen LogP contribution in [0.2, 0.25) is 0 Å². The van der Waals surface area contributed by atoms with Crippen LogP contribution in [0.5, 0.6) is 0 Å². The number of para-hydroxylation sites is 2. The van der Waals surface area contributed by atoms with E-state index < -0.39 is 0 Å². The number of carbonyl (C=O) groups is 1. The average Bonchev–Trinajstić information content (AvgIpc) is 2.83. The van der Waals surface area contributed by atoms with Gasteiger partial charge in [0.25, 0.3) is 0 Å². The van der Waals surface area contributed by atoms with Gasteiger partial charge in [-0.2, -0.15) is 0 Å². The van der Waals surface area contributed by atoms with Gasteiger partial charge in [-0.25, -0.2) is 9.78 Å². The Morgan fingerprint density at radius 1 is 1.03 bits per heavy atom. The van der Waals surface area contributed by atoms with E-state index in [2.05, 4.69) is 57.2 Å². The van der Waals surface area contributed by atoms with Crippen LogP contribution in [0.15, 0.2) is 42.6 Å². The van der Waals surface area contributed by atoms with Crippen LogP contribution in [-0.2, 0) is 11.3 Å². The molecule has 1 aromatic heterocycles. The lowest BCUT2D eigenvalue weighted by atomic mass is 10.2. The number of carbonyl (C=O) groups excluding carboxylic acids is 1. The molecule has 1 aromatic carbocycles. The van der Waals surface area contributed by atoms with Crippen LogP contribution in [0.3, 0.4) is 0 Å². The number of benzene rings is 1. The van der Waals surface area contributed by atoms with E-state index in [0.717, 1.165) is 68.6 Å². The van der Waals surface area contributed by atoms with Gasteiger partial charge in [0.2, 0.25) is 0 Å². The minimum absolute atomic E-state index is 0.194. The van der Waals surface area contributed by atoms with E-state index in [1.165, 1.54) is 0 Å². The Morgan fingerprint density at radius 3 is 2.42 bits per heavy atom. The summed E-state index contributed by atoms with van der Waals surface area (Å²) in [4.78, 5) is 24.3. The first-order chi connectivity index (χ1) is 16.0. The second-order valence-electron chi connectivity index (χ2n) is 8.93. The molecular weight excluding hydrogens is 416 g/mol. The standard InChI is InChI=1S/C25H36N6O2/c1-4-29-11-13-30(14-12-29)23-8-6-5-7-22(23)28-25(32)27-16-21-9-10-24(26-15-21)31-17-19(2)33-20(3)18-31/h5-10,15,19-20H,4,11-14,16-18H2,1-3H3,(H2,27,28,32). The largest absolute Gasteiger partial charge is 0.372 e. The molecule has 4 rings (SSSR count). The lowest BCUT2D eigenvalue weighted by Crippen LogP contribution is -2.46. The smallest absolute Gasteiger partial charge is 0.319 e. The number of urea groups is 1. The third-order valence-corrected chi connectivity index (χ3v) is 6.32. The van der Waals surface area contributed by atoms with Gasteiger partial charge in [0.15, 0.2) is 0 Å². The molecule has 2 aromatic rings. The molecule has 2 atom stereocenters. The maximum absolute atomic E-state index is 12.6. The highest BCUT2D eigenvalue weighted by Crippen LogP contribution is 2.26. The van der Waals surface area contributed by atoms with Crippen LogP contribution in [0, 0.1) is 0 Å². The third-order valence-electron chi connectivity index (χ3n) is 6.32. The van der Waals surface area contributed by atoms with Crippen molar-refractivity contribution in [1.82, 2.24) is 15.2 Å². The van der Waals surface area contributed by atoms with E-state index in [1.54, 1.807) is 0 Å². The molecule has 0 spiro atoms. The highest BCUT2D eigenvalue weighted by atomic mass is 16.5. The van der Waals surface area contributed by atoms with Crippen molar-refractivity contribution in [1.29, 1.82) is 0 Å². The van der Waals surface area contributed by atoms with Gasteiger partial charge in [-0.15, -0.1) is 0 Å². The zero-order chi connectivity index (χ0) is 23.2. The van der Waals surface area contributed by atoms with Crippen LogP contribution >= 0.6 is 0 Å². The number of rotatable bonds is 6. The van der Waals surface area contributed by atoms with Crippen molar-refractivity contribution in [2.24, 2.45) is 0 Å². The first-order valence-electron chi connectivity index (χ1n) is 12.0. The van der Waals surface area contributed by atoms with Crippen molar-refractivity contribution in [2.45, 2.75) is 39.5 Å². The summed E-state index contributed by atoms with van der Waals surface area (Å²) in [6.45, 7) is 13.6. The van der Waals surface area contributed by atoms with Crippen molar-refractivity contribution < 1.29 is 9.53 Å². The summed E-state index contributed by atoms with van der Waals surface area (Å²) in [5.41, 5.74) is 2.87. The van der Waals surface area contributed by atoms with Gasteiger partial charge in [-0.3, -0.25) is 0 Å². The minimum atomic E-state index is -0.213. The van der Waals surface area contributed by atoms with Crippen LogP contribution in [-0.4, -0.2) is 73.9 Å². The molecule has 8 nitrogen and oxygen atoms in total. The Morgan fingerprint density at radius 2 is 1.76 bits per heavy atom. The van der Waals surface area contributed by atoms with Crippen LogP contribution in [0.1, 0.15) is 26.3 Å². The molecule has 178 valence electrons. The topological polar surface area (TPSA) is 73.0 Å².